The fraction of sp³-hybridized carbons (Fsp3) is 0.0909. The van der Waals surface area contributed by atoms with Gasteiger partial charge in [-0.2, -0.15) is 0 Å². The molecule has 1 heterocycles. The third-order valence-electron chi connectivity index (χ3n) is 4.12. The van der Waals surface area contributed by atoms with E-state index in [0.29, 0.717) is 34.0 Å². The molecule has 28 heavy (non-hydrogen) atoms. The molecule has 4 aromatic rings. The van der Waals surface area contributed by atoms with E-state index >= 15 is 0 Å². The number of aromatic nitrogens is 1. The minimum Gasteiger partial charge on any atom is -0.484 e. The third kappa shape index (κ3) is 4.01. The number of carbonyl (C=O) groups excluding carboxylic acids is 1. The molecule has 0 aliphatic rings. The summed E-state index contributed by atoms with van der Waals surface area (Å²) in [4.78, 5) is 16.6. The number of halogens is 1. The van der Waals surface area contributed by atoms with Crippen molar-refractivity contribution in [3.8, 4) is 17.2 Å². The number of hydrogen-bond donors (Lipinski definition) is 1. The molecular formula is C22H17FN2O3. The van der Waals surface area contributed by atoms with Crippen LogP contribution in [-0.2, 0) is 4.79 Å². The molecule has 0 bridgehead atoms. The average molecular weight is 376 g/mol. The van der Waals surface area contributed by atoms with Gasteiger partial charge in [0.1, 0.15) is 17.1 Å². The molecule has 0 spiro atoms. The van der Waals surface area contributed by atoms with Crippen LogP contribution >= 0.6 is 0 Å². The van der Waals surface area contributed by atoms with Gasteiger partial charge in [0, 0.05) is 11.3 Å². The number of anilines is 1. The maximum atomic E-state index is 13.1. The Bertz CT molecular complexity index is 1140. The maximum absolute atomic E-state index is 13.1. The zero-order valence-electron chi connectivity index (χ0n) is 15.1. The number of nitrogens with zero attached hydrogens (tertiary/aromatic N) is 1. The fourth-order valence-electron chi connectivity index (χ4n) is 2.77. The lowest BCUT2D eigenvalue weighted by molar-refractivity contribution is -0.118. The summed E-state index contributed by atoms with van der Waals surface area (Å²) in [6, 6.07) is 18.6. The second-order valence-electron chi connectivity index (χ2n) is 6.36. The fourth-order valence-corrected chi connectivity index (χ4v) is 2.77. The molecule has 0 aliphatic carbocycles. The molecule has 0 aliphatic heterocycles. The summed E-state index contributed by atoms with van der Waals surface area (Å²) in [5, 5.41) is 2.78. The molecule has 0 radical (unpaired) electrons. The first-order valence-electron chi connectivity index (χ1n) is 8.73. The highest BCUT2D eigenvalue weighted by atomic mass is 19.1. The van der Waals surface area contributed by atoms with Crippen LogP contribution in [0.25, 0.3) is 22.6 Å². The summed E-state index contributed by atoms with van der Waals surface area (Å²) < 4.78 is 24.3. The molecule has 0 atom stereocenters. The summed E-state index contributed by atoms with van der Waals surface area (Å²) in [6.45, 7) is 1.86. The Labute approximate surface area is 160 Å². The molecular weight excluding hydrogens is 359 g/mol. The first-order valence-corrected chi connectivity index (χ1v) is 8.73. The highest BCUT2D eigenvalue weighted by Crippen LogP contribution is 2.26. The van der Waals surface area contributed by atoms with Crippen molar-refractivity contribution < 1.29 is 18.3 Å². The van der Waals surface area contributed by atoms with Gasteiger partial charge in [-0.3, -0.25) is 4.79 Å². The summed E-state index contributed by atoms with van der Waals surface area (Å²) in [5.41, 5.74) is 3.50. The van der Waals surface area contributed by atoms with Gasteiger partial charge < -0.3 is 14.5 Å². The second-order valence-corrected chi connectivity index (χ2v) is 6.36. The van der Waals surface area contributed by atoms with Crippen LogP contribution in [0.2, 0.25) is 0 Å². The number of fused-ring (bicyclic) bond motifs is 1. The van der Waals surface area contributed by atoms with Crippen molar-refractivity contribution >= 4 is 22.7 Å². The van der Waals surface area contributed by atoms with Crippen LogP contribution in [-0.4, -0.2) is 17.5 Å². The molecule has 6 heteroatoms. The Balaban J connectivity index is 1.45. The normalized spacial score (nSPS) is 10.8. The molecule has 140 valence electrons. The number of amides is 1. The monoisotopic (exact) mass is 376 g/mol. The highest BCUT2D eigenvalue weighted by Gasteiger charge is 2.10. The quantitative estimate of drug-likeness (QED) is 0.535. The van der Waals surface area contributed by atoms with E-state index in [1.807, 2.05) is 25.1 Å². The molecule has 0 saturated heterocycles. The number of rotatable bonds is 5. The highest BCUT2D eigenvalue weighted by molar-refractivity contribution is 5.94. The Kier molecular flexibility index (Phi) is 4.76. The molecule has 1 amide bonds. The molecule has 4 rings (SSSR count). The minimum absolute atomic E-state index is 0.0961. The zero-order valence-corrected chi connectivity index (χ0v) is 15.1. The van der Waals surface area contributed by atoms with Gasteiger partial charge in [0.2, 0.25) is 5.89 Å². The number of carbonyl (C=O) groups is 1. The largest absolute Gasteiger partial charge is 0.484 e. The van der Waals surface area contributed by atoms with Crippen LogP contribution in [0, 0.1) is 12.7 Å². The first kappa shape index (κ1) is 17.7. The van der Waals surface area contributed by atoms with Crippen LogP contribution in [0.3, 0.4) is 0 Å². The number of benzene rings is 3. The zero-order chi connectivity index (χ0) is 19.5. The number of nitrogens with one attached hydrogen (secondary N) is 1. The standard InChI is InChI=1S/C22H17FN2O3/c1-14-3-2-4-18(11-14)27-13-21(26)24-17-9-10-20-19(12-17)25-22(28-20)15-5-7-16(23)8-6-15/h2-12H,13H2,1H3,(H,24,26). The van der Waals surface area contributed by atoms with E-state index in [9.17, 15) is 9.18 Å². The number of oxazole rings is 1. The smallest absolute Gasteiger partial charge is 0.262 e. The Morgan fingerprint density at radius 2 is 1.93 bits per heavy atom. The molecule has 3 aromatic carbocycles. The van der Waals surface area contributed by atoms with Crippen molar-refractivity contribution in [3.63, 3.8) is 0 Å². The van der Waals surface area contributed by atoms with Crippen LogP contribution in [0.15, 0.2) is 71.1 Å². The SMILES string of the molecule is Cc1cccc(OCC(=O)Nc2ccc3oc(-c4ccc(F)cc4)nc3c2)c1. The minimum atomic E-state index is -0.322. The molecule has 0 saturated carbocycles. The van der Waals surface area contributed by atoms with E-state index in [4.69, 9.17) is 9.15 Å². The molecule has 1 N–H and O–H groups in total. The Morgan fingerprint density at radius 3 is 2.71 bits per heavy atom. The van der Waals surface area contributed by atoms with Gasteiger partial charge in [-0.25, -0.2) is 9.37 Å². The van der Waals surface area contributed by atoms with Crippen molar-refractivity contribution in [2.45, 2.75) is 6.92 Å². The van der Waals surface area contributed by atoms with E-state index in [0.717, 1.165) is 5.56 Å². The van der Waals surface area contributed by atoms with E-state index in [2.05, 4.69) is 10.3 Å². The van der Waals surface area contributed by atoms with E-state index in [-0.39, 0.29) is 18.3 Å². The van der Waals surface area contributed by atoms with Gasteiger partial charge in [-0.15, -0.1) is 0 Å². The molecule has 5 nitrogen and oxygen atoms in total. The lowest BCUT2D eigenvalue weighted by atomic mass is 10.2. The predicted molar refractivity (Wildman–Crippen MR) is 105 cm³/mol. The average Bonchev–Trinajstić information content (AvgIpc) is 3.10. The topological polar surface area (TPSA) is 64.4 Å². The third-order valence-corrected chi connectivity index (χ3v) is 4.12. The number of ether oxygens (including phenoxy) is 1. The lowest BCUT2D eigenvalue weighted by Crippen LogP contribution is -2.20. The maximum Gasteiger partial charge on any atom is 0.262 e. The van der Waals surface area contributed by atoms with E-state index in [1.54, 1.807) is 36.4 Å². The lowest BCUT2D eigenvalue weighted by Gasteiger charge is -2.08. The predicted octanol–water partition coefficient (Wildman–Crippen LogP) is 4.96. The van der Waals surface area contributed by atoms with Crippen LogP contribution in [0.1, 0.15) is 5.56 Å². The Hall–Kier alpha value is -3.67. The number of hydrogen-bond acceptors (Lipinski definition) is 4. The Morgan fingerprint density at radius 1 is 1.11 bits per heavy atom. The first-order chi connectivity index (χ1) is 13.6. The molecule has 1 aromatic heterocycles. The van der Waals surface area contributed by atoms with Crippen LogP contribution in [0.5, 0.6) is 5.75 Å². The van der Waals surface area contributed by atoms with Gasteiger partial charge in [0.05, 0.1) is 0 Å². The summed E-state index contributed by atoms with van der Waals surface area (Å²) in [5.74, 6) is 0.438. The van der Waals surface area contributed by atoms with Gasteiger partial charge in [-0.05, 0) is 67.1 Å². The van der Waals surface area contributed by atoms with Crippen molar-refractivity contribution in [1.82, 2.24) is 4.98 Å². The summed E-state index contributed by atoms with van der Waals surface area (Å²) >= 11 is 0. The van der Waals surface area contributed by atoms with E-state index < -0.39 is 0 Å². The summed E-state index contributed by atoms with van der Waals surface area (Å²) in [6.07, 6.45) is 0. The van der Waals surface area contributed by atoms with Gasteiger partial charge in [0.25, 0.3) is 5.91 Å². The van der Waals surface area contributed by atoms with Crippen molar-refractivity contribution in [2.24, 2.45) is 0 Å². The number of aryl methyl sites for hydroxylation is 1. The summed E-state index contributed by atoms with van der Waals surface area (Å²) in [7, 11) is 0. The van der Waals surface area contributed by atoms with Gasteiger partial charge in [-0.1, -0.05) is 12.1 Å². The molecule has 0 unspecified atom stereocenters. The van der Waals surface area contributed by atoms with Crippen molar-refractivity contribution in [2.75, 3.05) is 11.9 Å². The van der Waals surface area contributed by atoms with Crippen LogP contribution in [0.4, 0.5) is 10.1 Å². The van der Waals surface area contributed by atoms with Gasteiger partial charge in [0.15, 0.2) is 12.2 Å². The van der Waals surface area contributed by atoms with Crippen molar-refractivity contribution in [1.29, 1.82) is 0 Å². The van der Waals surface area contributed by atoms with E-state index in [1.165, 1.54) is 12.1 Å². The second kappa shape index (κ2) is 7.52. The van der Waals surface area contributed by atoms with Crippen LogP contribution < -0.4 is 10.1 Å². The molecule has 0 fully saturated rings. The van der Waals surface area contributed by atoms with Crippen molar-refractivity contribution in [3.05, 3.63) is 78.1 Å². The van der Waals surface area contributed by atoms with Gasteiger partial charge >= 0.3 is 0 Å².